The van der Waals surface area contributed by atoms with Crippen molar-refractivity contribution in [3.05, 3.63) is 65.6 Å². The molecule has 0 saturated carbocycles. The van der Waals surface area contributed by atoms with Crippen molar-refractivity contribution >= 4 is 34.4 Å². The first-order valence-corrected chi connectivity index (χ1v) is 12.2. The summed E-state index contributed by atoms with van der Waals surface area (Å²) in [5.74, 6) is 1.30. The zero-order chi connectivity index (χ0) is 25.1. The van der Waals surface area contributed by atoms with Crippen LogP contribution in [-0.2, 0) is 6.61 Å². The Morgan fingerprint density at radius 1 is 1.03 bits per heavy atom. The number of hydrogen-bond donors (Lipinski definition) is 3. The first-order valence-electron chi connectivity index (χ1n) is 11.9. The Labute approximate surface area is 214 Å². The first kappa shape index (κ1) is 24.2. The molecule has 0 atom stereocenters. The molecule has 0 radical (unpaired) electrons. The molecule has 4 aromatic rings. The fourth-order valence-corrected chi connectivity index (χ4v) is 4.78. The van der Waals surface area contributed by atoms with Gasteiger partial charge in [0.15, 0.2) is 0 Å². The van der Waals surface area contributed by atoms with E-state index < -0.39 is 0 Å². The number of aliphatic hydroxyl groups is 2. The van der Waals surface area contributed by atoms with Crippen molar-refractivity contribution in [2.45, 2.75) is 6.61 Å². The molecule has 3 aromatic heterocycles. The number of aliphatic hydroxyl groups excluding tert-OH is 2. The number of fused-ring (bicyclic) bond motifs is 1. The lowest BCUT2D eigenvalue weighted by Crippen LogP contribution is -2.46. The number of methoxy groups -OCH3 is 1. The van der Waals surface area contributed by atoms with E-state index in [0.29, 0.717) is 22.9 Å². The van der Waals surface area contributed by atoms with Gasteiger partial charge in [0, 0.05) is 80.4 Å². The monoisotopic (exact) mass is 508 g/mol. The van der Waals surface area contributed by atoms with Crippen LogP contribution < -0.4 is 19.9 Å². The topological polar surface area (TPSA) is 98.4 Å². The van der Waals surface area contributed by atoms with Crippen LogP contribution in [0.15, 0.2) is 55.0 Å². The van der Waals surface area contributed by atoms with Crippen LogP contribution in [0.3, 0.4) is 0 Å². The number of imidazole rings is 1. The Bertz CT molecular complexity index is 1350. The largest absolute Gasteiger partial charge is 0.495 e. The van der Waals surface area contributed by atoms with Crippen LogP contribution in [0.5, 0.6) is 5.75 Å². The summed E-state index contributed by atoms with van der Waals surface area (Å²) in [6.07, 6.45) is 5.75. The van der Waals surface area contributed by atoms with Crippen LogP contribution in [0.1, 0.15) is 5.56 Å². The van der Waals surface area contributed by atoms with E-state index >= 15 is 0 Å². The number of nitrogens with one attached hydrogen (secondary N) is 1. The number of anilines is 3. The molecule has 5 rings (SSSR count). The highest BCUT2D eigenvalue weighted by Gasteiger charge is 2.19. The summed E-state index contributed by atoms with van der Waals surface area (Å²) in [4.78, 5) is 13.8. The molecule has 4 heterocycles. The number of piperazine rings is 1. The Morgan fingerprint density at radius 2 is 1.78 bits per heavy atom. The van der Waals surface area contributed by atoms with Gasteiger partial charge < -0.3 is 34.5 Å². The van der Waals surface area contributed by atoms with E-state index in [1.165, 1.54) is 0 Å². The molecule has 1 aliphatic heterocycles. The first-order chi connectivity index (χ1) is 17.6. The van der Waals surface area contributed by atoms with Gasteiger partial charge >= 0.3 is 0 Å². The Kier molecular flexibility index (Phi) is 7.13. The second kappa shape index (κ2) is 10.6. The van der Waals surface area contributed by atoms with Gasteiger partial charge in [-0.2, -0.15) is 0 Å². The van der Waals surface area contributed by atoms with Gasteiger partial charge in [-0.25, -0.2) is 9.97 Å². The van der Waals surface area contributed by atoms with Crippen molar-refractivity contribution in [1.29, 1.82) is 0 Å². The molecule has 1 aromatic carbocycles. The van der Waals surface area contributed by atoms with Crippen molar-refractivity contribution < 1.29 is 14.9 Å². The third-order valence-corrected chi connectivity index (χ3v) is 6.73. The average Bonchev–Trinajstić information content (AvgIpc) is 3.35. The zero-order valence-corrected chi connectivity index (χ0v) is 20.8. The number of aromatic nitrogens is 3. The number of rotatable bonds is 8. The normalized spacial score (nSPS) is 13.9. The summed E-state index contributed by atoms with van der Waals surface area (Å²) in [6, 6.07) is 11.8. The zero-order valence-electron chi connectivity index (χ0n) is 20.1. The van der Waals surface area contributed by atoms with E-state index in [1.807, 2.05) is 28.9 Å². The van der Waals surface area contributed by atoms with Crippen LogP contribution in [0.25, 0.3) is 16.9 Å². The molecule has 0 spiro atoms. The molecule has 0 amide bonds. The smallest absolute Gasteiger partial charge is 0.139 e. The van der Waals surface area contributed by atoms with E-state index in [4.69, 9.17) is 26.4 Å². The van der Waals surface area contributed by atoms with Crippen LogP contribution in [0.4, 0.5) is 17.2 Å². The number of hydrogen-bond acceptors (Lipinski definition) is 8. The minimum Gasteiger partial charge on any atom is -0.495 e. The van der Waals surface area contributed by atoms with Gasteiger partial charge in [-0.05, 0) is 29.8 Å². The maximum Gasteiger partial charge on any atom is 0.139 e. The van der Waals surface area contributed by atoms with Crippen LogP contribution in [-0.4, -0.2) is 71.0 Å². The van der Waals surface area contributed by atoms with E-state index in [2.05, 4.69) is 32.2 Å². The predicted molar refractivity (Wildman–Crippen MR) is 142 cm³/mol. The van der Waals surface area contributed by atoms with Gasteiger partial charge in [0.25, 0.3) is 0 Å². The summed E-state index contributed by atoms with van der Waals surface area (Å²) >= 11 is 6.35. The lowest BCUT2D eigenvalue weighted by molar-refractivity contribution is 0.281. The number of nitrogens with zero attached hydrogens (tertiary/aromatic N) is 5. The minimum absolute atomic E-state index is 0.0728. The highest BCUT2D eigenvalue weighted by molar-refractivity contribution is 6.32. The minimum atomic E-state index is -0.136. The standard InChI is InChI=1S/C26H29ClN6O3/c1-36-24-12-18(17-35)21(15-22(24)27)23-16-33-6-3-20(14-26(33)30-23)32-9-7-31(8-10-32)19-2-4-28-25(13-19)29-5-11-34/h2-4,6,12-16,34-35H,5,7-11,17H2,1H3,(H,28,29). The molecule has 9 nitrogen and oxygen atoms in total. The number of halogens is 1. The molecule has 36 heavy (non-hydrogen) atoms. The second-order valence-electron chi connectivity index (χ2n) is 8.60. The molecule has 0 bridgehead atoms. The molecule has 188 valence electrons. The second-order valence-corrected chi connectivity index (χ2v) is 9.01. The van der Waals surface area contributed by atoms with E-state index in [1.54, 1.807) is 25.4 Å². The summed E-state index contributed by atoms with van der Waals surface area (Å²) in [5, 5.41) is 22.5. The van der Waals surface area contributed by atoms with E-state index in [0.717, 1.165) is 60.3 Å². The van der Waals surface area contributed by atoms with Gasteiger partial charge in [0.05, 0.1) is 31.0 Å². The highest BCUT2D eigenvalue weighted by Crippen LogP contribution is 2.34. The molecule has 0 unspecified atom stereocenters. The van der Waals surface area contributed by atoms with Crippen molar-refractivity contribution in [2.24, 2.45) is 0 Å². The van der Waals surface area contributed by atoms with E-state index in [-0.39, 0.29) is 13.2 Å². The number of pyridine rings is 2. The summed E-state index contributed by atoms with van der Waals surface area (Å²) in [7, 11) is 1.55. The van der Waals surface area contributed by atoms with Gasteiger partial charge in [0.1, 0.15) is 17.2 Å². The lowest BCUT2D eigenvalue weighted by Gasteiger charge is -2.37. The molecular formula is C26H29ClN6O3. The van der Waals surface area contributed by atoms with Gasteiger partial charge in [0.2, 0.25) is 0 Å². The van der Waals surface area contributed by atoms with Crippen molar-refractivity contribution in [3.63, 3.8) is 0 Å². The summed E-state index contributed by atoms with van der Waals surface area (Å²) in [5.41, 5.74) is 5.31. The lowest BCUT2D eigenvalue weighted by atomic mass is 10.1. The summed E-state index contributed by atoms with van der Waals surface area (Å²) < 4.78 is 7.26. The Morgan fingerprint density at radius 3 is 2.47 bits per heavy atom. The highest BCUT2D eigenvalue weighted by atomic mass is 35.5. The van der Waals surface area contributed by atoms with Crippen molar-refractivity contribution in [1.82, 2.24) is 14.4 Å². The van der Waals surface area contributed by atoms with Crippen LogP contribution >= 0.6 is 11.6 Å². The number of ether oxygens (including phenoxy) is 1. The molecule has 1 saturated heterocycles. The number of benzene rings is 1. The van der Waals surface area contributed by atoms with Crippen molar-refractivity contribution in [3.8, 4) is 17.0 Å². The SMILES string of the molecule is COc1cc(CO)c(-c2cn3ccc(N4CCN(c5ccnc(NCCO)c5)CC4)cc3n2)cc1Cl. The molecular weight excluding hydrogens is 480 g/mol. The maximum absolute atomic E-state index is 9.88. The molecule has 10 heteroatoms. The van der Waals surface area contributed by atoms with Gasteiger partial charge in [-0.1, -0.05) is 11.6 Å². The molecule has 1 fully saturated rings. The molecule has 3 N–H and O–H groups in total. The average molecular weight is 509 g/mol. The molecule has 0 aliphatic carbocycles. The third-order valence-electron chi connectivity index (χ3n) is 6.44. The summed E-state index contributed by atoms with van der Waals surface area (Å²) in [6.45, 7) is 3.96. The van der Waals surface area contributed by atoms with Gasteiger partial charge in [-0.3, -0.25) is 0 Å². The van der Waals surface area contributed by atoms with Gasteiger partial charge in [-0.15, -0.1) is 0 Å². The Balaban J connectivity index is 1.32. The fourth-order valence-electron chi connectivity index (χ4n) is 4.54. The fraction of sp³-hybridized carbons (Fsp3) is 0.308. The predicted octanol–water partition coefficient (Wildman–Crippen LogP) is 3.28. The quantitative estimate of drug-likeness (QED) is 0.333. The molecule has 1 aliphatic rings. The third kappa shape index (κ3) is 4.90. The maximum atomic E-state index is 9.88. The van der Waals surface area contributed by atoms with Crippen LogP contribution in [0.2, 0.25) is 5.02 Å². The Hall–Kier alpha value is -3.53. The van der Waals surface area contributed by atoms with Crippen molar-refractivity contribution in [2.75, 3.05) is 61.6 Å². The van der Waals surface area contributed by atoms with E-state index in [9.17, 15) is 5.11 Å². The van der Waals surface area contributed by atoms with Crippen LogP contribution in [0, 0.1) is 0 Å².